The van der Waals surface area contributed by atoms with E-state index in [0.29, 0.717) is 23.1 Å². The fourth-order valence-electron chi connectivity index (χ4n) is 3.82. The number of anilines is 1. The molecule has 3 rings (SSSR count). The van der Waals surface area contributed by atoms with Gasteiger partial charge in [0.15, 0.2) is 17.3 Å². The summed E-state index contributed by atoms with van der Waals surface area (Å²) in [6, 6.07) is 7.78. The van der Waals surface area contributed by atoms with Crippen LogP contribution >= 0.6 is 0 Å². The molecule has 2 heterocycles. The van der Waals surface area contributed by atoms with Gasteiger partial charge in [-0.15, -0.1) is 0 Å². The molecule has 1 fully saturated rings. The molecule has 2 aromatic rings. The molecule has 1 aliphatic rings. The van der Waals surface area contributed by atoms with Gasteiger partial charge >= 0.3 is 0 Å². The van der Waals surface area contributed by atoms with Crippen LogP contribution in [0.1, 0.15) is 42.4 Å². The van der Waals surface area contributed by atoms with E-state index in [9.17, 15) is 4.79 Å². The summed E-state index contributed by atoms with van der Waals surface area (Å²) >= 11 is 0. The third-order valence-corrected chi connectivity index (χ3v) is 5.58. The Hall–Kier alpha value is -2.86. The molecule has 0 radical (unpaired) electrons. The molecule has 0 spiro atoms. The van der Waals surface area contributed by atoms with E-state index in [1.807, 2.05) is 31.3 Å². The number of likely N-dealkylation sites (tertiary alicyclic amines) is 1. The van der Waals surface area contributed by atoms with E-state index in [1.165, 1.54) is 12.5 Å². The fourth-order valence-corrected chi connectivity index (χ4v) is 3.82. The molecule has 160 valence electrons. The van der Waals surface area contributed by atoms with E-state index in [1.54, 1.807) is 20.3 Å². The SMILES string of the molecule is COc1ccc(/C(=C/C(C)=O)Nc2ncc(C3CCN(C)CC3)cc2C)cc1OC. The summed E-state index contributed by atoms with van der Waals surface area (Å²) in [5.41, 5.74) is 3.84. The lowest BCUT2D eigenvalue weighted by atomic mass is 9.90. The lowest BCUT2D eigenvalue weighted by Gasteiger charge is -2.29. The number of nitrogens with one attached hydrogen (secondary N) is 1. The average Bonchev–Trinajstić information content (AvgIpc) is 2.74. The molecule has 1 saturated heterocycles. The number of hydrogen-bond donors (Lipinski definition) is 1. The van der Waals surface area contributed by atoms with Crippen molar-refractivity contribution in [2.75, 3.05) is 39.7 Å². The number of piperidine rings is 1. The van der Waals surface area contributed by atoms with Crippen LogP contribution in [0.25, 0.3) is 5.70 Å². The molecule has 6 nitrogen and oxygen atoms in total. The van der Waals surface area contributed by atoms with E-state index in [-0.39, 0.29) is 5.78 Å². The molecule has 1 aromatic carbocycles. The number of rotatable bonds is 7. The fraction of sp³-hybridized carbons (Fsp3) is 0.417. The number of carbonyl (C=O) groups is 1. The van der Waals surface area contributed by atoms with Crippen LogP contribution in [0.5, 0.6) is 11.5 Å². The van der Waals surface area contributed by atoms with Gasteiger partial charge in [-0.2, -0.15) is 0 Å². The van der Waals surface area contributed by atoms with Crippen LogP contribution < -0.4 is 14.8 Å². The van der Waals surface area contributed by atoms with Crippen molar-refractivity contribution < 1.29 is 14.3 Å². The molecule has 0 aliphatic carbocycles. The van der Waals surface area contributed by atoms with Crippen molar-refractivity contribution in [2.45, 2.75) is 32.6 Å². The van der Waals surface area contributed by atoms with Gasteiger partial charge in [-0.05, 0) is 82.1 Å². The highest BCUT2D eigenvalue weighted by molar-refractivity contribution is 5.97. The molecule has 30 heavy (non-hydrogen) atoms. The second kappa shape index (κ2) is 9.76. The van der Waals surface area contributed by atoms with Crippen molar-refractivity contribution in [1.29, 1.82) is 0 Å². The van der Waals surface area contributed by atoms with E-state index < -0.39 is 0 Å². The highest BCUT2D eigenvalue weighted by Crippen LogP contribution is 2.32. The number of carbonyl (C=O) groups excluding carboxylic acids is 1. The van der Waals surface area contributed by atoms with Gasteiger partial charge in [-0.1, -0.05) is 6.07 Å². The standard InChI is InChI=1S/C24H31N3O3/c1-16-12-20(18-8-10-27(3)11-9-18)15-25-24(16)26-21(13-17(2)28)19-6-7-22(29-4)23(14-19)30-5/h6-7,12-15,18H,8-11H2,1-5H3,(H,25,26)/b21-13-. The molecular formula is C24H31N3O3. The zero-order valence-electron chi connectivity index (χ0n) is 18.5. The minimum atomic E-state index is -0.0483. The summed E-state index contributed by atoms with van der Waals surface area (Å²) in [6.07, 6.45) is 5.86. The predicted octanol–water partition coefficient (Wildman–Crippen LogP) is 4.26. The van der Waals surface area contributed by atoms with Crippen LogP contribution in [0.2, 0.25) is 0 Å². The number of ketones is 1. The largest absolute Gasteiger partial charge is 0.493 e. The molecule has 1 aromatic heterocycles. The molecule has 1 N–H and O–H groups in total. The molecule has 0 atom stereocenters. The van der Waals surface area contributed by atoms with Crippen molar-refractivity contribution in [2.24, 2.45) is 0 Å². The normalized spacial score (nSPS) is 15.7. The Morgan fingerprint density at radius 3 is 2.47 bits per heavy atom. The lowest BCUT2D eigenvalue weighted by Crippen LogP contribution is -2.29. The Kier molecular flexibility index (Phi) is 7.11. The summed E-state index contributed by atoms with van der Waals surface area (Å²) in [5, 5.41) is 3.35. The van der Waals surface area contributed by atoms with E-state index in [4.69, 9.17) is 9.47 Å². The quantitative estimate of drug-likeness (QED) is 0.690. The van der Waals surface area contributed by atoms with Crippen LogP contribution in [-0.2, 0) is 4.79 Å². The third kappa shape index (κ3) is 5.19. The second-order valence-corrected chi connectivity index (χ2v) is 7.88. The first-order valence-corrected chi connectivity index (χ1v) is 10.3. The average molecular weight is 410 g/mol. The summed E-state index contributed by atoms with van der Waals surface area (Å²) in [6.45, 7) is 5.82. The maximum absolute atomic E-state index is 11.9. The summed E-state index contributed by atoms with van der Waals surface area (Å²) in [4.78, 5) is 18.9. The highest BCUT2D eigenvalue weighted by atomic mass is 16.5. The van der Waals surface area contributed by atoms with E-state index in [0.717, 1.165) is 42.9 Å². The number of allylic oxidation sites excluding steroid dienone is 1. The minimum absolute atomic E-state index is 0.0483. The summed E-state index contributed by atoms with van der Waals surface area (Å²) in [5.74, 6) is 2.50. The van der Waals surface area contributed by atoms with E-state index >= 15 is 0 Å². The first-order valence-electron chi connectivity index (χ1n) is 10.3. The van der Waals surface area contributed by atoms with Gasteiger partial charge in [0, 0.05) is 17.8 Å². The first kappa shape index (κ1) is 21.8. The third-order valence-electron chi connectivity index (χ3n) is 5.58. The second-order valence-electron chi connectivity index (χ2n) is 7.88. The minimum Gasteiger partial charge on any atom is -0.493 e. The smallest absolute Gasteiger partial charge is 0.161 e. The topological polar surface area (TPSA) is 63.7 Å². The van der Waals surface area contributed by atoms with Crippen molar-refractivity contribution in [3.05, 3.63) is 53.2 Å². The summed E-state index contributed by atoms with van der Waals surface area (Å²) in [7, 11) is 5.36. The van der Waals surface area contributed by atoms with Gasteiger partial charge in [0.25, 0.3) is 0 Å². The Labute approximate surface area is 178 Å². The van der Waals surface area contributed by atoms with Gasteiger partial charge in [0.05, 0.1) is 19.9 Å². The van der Waals surface area contributed by atoms with Gasteiger partial charge in [-0.25, -0.2) is 4.98 Å². The van der Waals surface area contributed by atoms with Crippen LogP contribution in [-0.4, -0.2) is 50.0 Å². The number of methoxy groups -OCH3 is 2. The number of hydrogen-bond acceptors (Lipinski definition) is 6. The monoisotopic (exact) mass is 409 g/mol. The zero-order valence-corrected chi connectivity index (χ0v) is 18.5. The zero-order chi connectivity index (χ0) is 21.7. The van der Waals surface area contributed by atoms with E-state index in [2.05, 4.69) is 28.3 Å². The Morgan fingerprint density at radius 1 is 1.17 bits per heavy atom. The Balaban J connectivity index is 1.86. The molecule has 0 amide bonds. The Bertz CT molecular complexity index is 931. The number of aromatic nitrogens is 1. The maximum Gasteiger partial charge on any atom is 0.161 e. The molecule has 1 aliphatic heterocycles. The van der Waals surface area contributed by atoms with Crippen LogP contribution in [0, 0.1) is 6.92 Å². The molecular weight excluding hydrogens is 378 g/mol. The van der Waals surface area contributed by atoms with Crippen LogP contribution in [0.3, 0.4) is 0 Å². The predicted molar refractivity (Wildman–Crippen MR) is 120 cm³/mol. The van der Waals surface area contributed by atoms with Gasteiger partial charge < -0.3 is 19.7 Å². The molecule has 6 heteroatoms. The van der Waals surface area contributed by atoms with Gasteiger partial charge in [0.1, 0.15) is 5.82 Å². The van der Waals surface area contributed by atoms with Crippen molar-refractivity contribution >= 4 is 17.3 Å². The lowest BCUT2D eigenvalue weighted by molar-refractivity contribution is -0.112. The number of ether oxygens (including phenoxy) is 2. The van der Waals surface area contributed by atoms with Gasteiger partial charge in [0.2, 0.25) is 0 Å². The number of pyridine rings is 1. The Morgan fingerprint density at radius 2 is 1.87 bits per heavy atom. The molecule has 0 unspecified atom stereocenters. The van der Waals surface area contributed by atoms with Crippen molar-refractivity contribution in [1.82, 2.24) is 9.88 Å². The summed E-state index contributed by atoms with van der Waals surface area (Å²) < 4.78 is 10.7. The number of aryl methyl sites for hydroxylation is 1. The van der Waals surface area contributed by atoms with Crippen LogP contribution in [0.15, 0.2) is 36.5 Å². The van der Waals surface area contributed by atoms with Crippen molar-refractivity contribution in [3.63, 3.8) is 0 Å². The van der Waals surface area contributed by atoms with Crippen LogP contribution in [0.4, 0.5) is 5.82 Å². The highest BCUT2D eigenvalue weighted by Gasteiger charge is 2.19. The van der Waals surface area contributed by atoms with Gasteiger partial charge in [-0.3, -0.25) is 4.79 Å². The first-order chi connectivity index (χ1) is 14.4. The maximum atomic E-state index is 11.9. The molecule has 0 saturated carbocycles. The number of benzene rings is 1. The molecule has 0 bridgehead atoms. The number of nitrogens with zero attached hydrogens (tertiary/aromatic N) is 2. The van der Waals surface area contributed by atoms with Crippen molar-refractivity contribution in [3.8, 4) is 11.5 Å².